The number of carbonyl (C=O) groups is 1. The number of benzene rings is 2. The van der Waals surface area contributed by atoms with E-state index in [1.807, 2.05) is 31.2 Å². The summed E-state index contributed by atoms with van der Waals surface area (Å²) in [6.07, 6.45) is 0. The third kappa shape index (κ3) is 3.48. The van der Waals surface area contributed by atoms with Gasteiger partial charge in [0.15, 0.2) is 0 Å². The van der Waals surface area contributed by atoms with E-state index in [1.165, 1.54) is 17.0 Å². The van der Waals surface area contributed by atoms with Crippen LogP contribution < -0.4 is 9.80 Å². The van der Waals surface area contributed by atoms with Gasteiger partial charge in [0.25, 0.3) is 11.6 Å². The van der Waals surface area contributed by atoms with Crippen LogP contribution in [0.4, 0.5) is 17.1 Å². The van der Waals surface area contributed by atoms with E-state index in [9.17, 15) is 14.9 Å². The number of amides is 1. The predicted molar refractivity (Wildman–Crippen MR) is 91.3 cm³/mol. The van der Waals surface area contributed by atoms with Crippen LogP contribution in [-0.2, 0) is 0 Å². The lowest BCUT2D eigenvalue weighted by Gasteiger charge is -2.22. The normalized spacial score (nSPS) is 10.3. The Hall–Kier alpha value is -2.89. The highest BCUT2D eigenvalue weighted by Crippen LogP contribution is 2.27. The van der Waals surface area contributed by atoms with Gasteiger partial charge >= 0.3 is 0 Å². The molecule has 120 valence electrons. The zero-order valence-corrected chi connectivity index (χ0v) is 13.6. The van der Waals surface area contributed by atoms with Gasteiger partial charge in [-0.15, -0.1) is 0 Å². The SMILES string of the molecule is Cc1cccc(N(C)C(=O)c2cc([N+](=O)[O-])ccc2N(C)C)c1. The number of anilines is 2. The van der Waals surface area contributed by atoms with Gasteiger partial charge in [0.2, 0.25) is 0 Å². The molecule has 0 atom stereocenters. The van der Waals surface area contributed by atoms with E-state index in [0.717, 1.165) is 11.3 Å². The molecule has 2 aromatic rings. The first-order valence-electron chi connectivity index (χ1n) is 7.11. The highest BCUT2D eigenvalue weighted by molar-refractivity contribution is 6.09. The number of hydrogen-bond donors (Lipinski definition) is 0. The topological polar surface area (TPSA) is 66.7 Å². The monoisotopic (exact) mass is 313 g/mol. The van der Waals surface area contributed by atoms with Crippen molar-refractivity contribution >= 4 is 23.0 Å². The Morgan fingerprint density at radius 1 is 1.09 bits per heavy atom. The summed E-state index contributed by atoms with van der Waals surface area (Å²) < 4.78 is 0. The van der Waals surface area contributed by atoms with E-state index in [4.69, 9.17) is 0 Å². The Labute approximate surface area is 135 Å². The van der Waals surface area contributed by atoms with Crippen molar-refractivity contribution in [2.24, 2.45) is 0 Å². The van der Waals surface area contributed by atoms with Crippen LogP contribution in [0.5, 0.6) is 0 Å². The number of aryl methyl sites for hydroxylation is 1. The summed E-state index contributed by atoms with van der Waals surface area (Å²) in [6.45, 7) is 1.94. The van der Waals surface area contributed by atoms with Crippen LogP contribution >= 0.6 is 0 Å². The number of nitrogens with zero attached hydrogens (tertiary/aromatic N) is 3. The van der Waals surface area contributed by atoms with Crippen molar-refractivity contribution in [2.45, 2.75) is 6.92 Å². The summed E-state index contributed by atoms with van der Waals surface area (Å²) in [4.78, 5) is 26.6. The molecule has 0 heterocycles. The fraction of sp³-hybridized carbons (Fsp3) is 0.235. The van der Waals surface area contributed by atoms with Crippen LogP contribution in [0.2, 0.25) is 0 Å². The Bertz CT molecular complexity index is 756. The second kappa shape index (κ2) is 6.48. The highest BCUT2D eigenvalue weighted by atomic mass is 16.6. The van der Waals surface area contributed by atoms with Crippen LogP contribution in [0, 0.1) is 17.0 Å². The molecule has 0 aliphatic carbocycles. The van der Waals surface area contributed by atoms with Crippen molar-refractivity contribution in [1.29, 1.82) is 0 Å². The molecule has 6 heteroatoms. The molecular weight excluding hydrogens is 294 g/mol. The Kier molecular flexibility index (Phi) is 4.64. The van der Waals surface area contributed by atoms with Crippen LogP contribution in [0.25, 0.3) is 0 Å². The second-order valence-corrected chi connectivity index (χ2v) is 5.56. The summed E-state index contributed by atoms with van der Waals surface area (Å²) in [7, 11) is 5.25. The lowest BCUT2D eigenvalue weighted by molar-refractivity contribution is -0.384. The minimum atomic E-state index is -0.497. The van der Waals surface area contributed by atoms with Gasteiger partial charge in [0.1, 0.15) is 0 Å². The van der Waals surface area contributed by atoms with Crippen molar-refractivity contribution in [1.82, 2.24) is 0 Å². The zero-order valence-electron chi connectivity index (χ0n) is 13.6. The number of nitro groups is 1. The number of rotatable bonds is 4. The molecule has 0 aliphatic rings. The molecule has 0 N–H and O–H groups in total. The lowest BCUT2D eigenvalue weighted by atomic mass is 10.1. The van der Waals surface area contributed by atoms with Crippen LogP contribution in [-0.4, -0.2) is 32.0 Å². The Morgan fingerprint density at radius 3 is 2.35 bits per heavy atom. The maximum Gasteiger partial charge on any atom is 0.270 e. The molecule has 0 radical (unpaired) electrons. The first-order chi connectivity index (χ1) is 10.8. The minimum absolute atomic E-state index is 0.100. The molecule has 6 nitrogen and oxygen atoms in total. The predicted octanol–water partition coefficient (Wildman–Crippen LogP) is 3.25. The molecule has 0 saturated heterocycles. The summed E-state index contributed by atoms with van der Waals surface area (Å²) in [5.74, 6) is -0.289. The Balaban J connectivity index is 2.48. The molecule has 1 amide bonds. The van der Waals surface area contributed by atoms with Crippen molar-refractivity contribution in [3.05, 3.63) is 63.7 Å². The lowest BCUT2D eigenvalue weighted by Crippen LogP contribution is -2.28. The van der Waals surface area contributed by atoms with E-state index in [2.05, 4.69) is 0 Å². The maximum absolute atomic E-state index is 12.8. The van der Waals surface area contributed by atoms with Crippen molar-refractivity contribution < 1.29 is 9.72 Å². The highest BCUT2D eigenvalue weighted by Gasteiger charge is 2.21. The molecule has 2 aromatic carbocycles. The number of nitro benzene ring substituents is 1. The fourth-order valence-electron chi connectivity index (χ4n) is 2.33. The molecule has 2 rings (SSSR count). The standard InChI is InChI=1S/C17H19N3O3/c1-12-6-5-7-13(10-12)19(4)17(21)15-11-14(20(22)23)8-9-16(15)18(2)3/h5-11H,1-4H3. The van der Waals surface area contributed by atoms with E-state index in [0.29, 0.717) is 11.3 Å². The molecule has 0 saturated carbocycles. The smallest absolute Gasteiger partial charge is 0.270 e. The molecule has 0 aliphatic heterocycles. The average Bonchev–Trinajstić information content (AvgIpc) is 2.52. The first-order valence-corrected chi connectivity index (χ1v) is 7.11. The molecule has 23 heavy (non-hydrogen) atoms. The first kappa shape index (κ1) is 16.5. The van der Waals surface area contributed by atoms with Gasteiger partial charge in [-0.05, 0) is 30.7 Å². The largest absolute Gasteiger partial charge is 0.377 e. The summed E-state index contributed by atoms with van der Waals surface area (Å²) >= 11 is 0. The van der Waals surface area contributed by atoms with Crippen molar-refractivity contribution in [3.8, 4) is 0 Å². The van der Waals surface area contributed by atoms with E-state index in [1.54, 1.807) is 32.1 Å². The molecular formula is C17H19N3O3. The third-order valence-electron chi connectivity index (χ3n) is 3.60. The van der Waals surface area contributed by atoms with Crippen molar-refractivity contribution in [2.75, 3.05) is 30.9 Å². The van der Waals surface area contributed by atoms with Crippen LogP contribution in [0.15, 0.2) is 42.5 Å². The van der Waals surface area contributed by atoms with Gasteiger partial charge < -0.3 is 9.80 Å². The summed E-state index contributed by atoms with van der Waals surface area (Å²) in [5.41, 5.74) is 2.62. The van der Waals surface area contributed by atoms with E-state index >= 15 is 0 Å². The number of hydrogen-bond acceptors (Lipinski definition) is 4. The minimum Gasteiger partial charge on any atom is -0.377 e. The third-order valence-corrected chi connectivity index (χ3v) is 3.60. The molecule has 0 aromatic heterocycles. The molecule has 0 unspecified atom stereocenters. The average molecular weight is 313 g/mol. The second-order valence-electron chi connectivity index (χ2n) is 5.56. The van der Waals surface area contributed by atoms with Crippen molar-refractivity contribution in [3.63, 3.8) is 0 Å². The Morgan fingerprint density at radius 2 is 1.78 bits per heavy atom. The summed E-state index contributed by atoms with van der Waals surface area (Å²) in [5, 5.41) is 11.0. The zero-order chi connectivity index (χ0) is 17.1. The van der Waals surface area contributed by atoms with Crippen LogP contribution in [0.1, 0.15) is 15.9 Å². The quantitative estimate of drug-likeness (QED) is 0.642. The van der Waals surface area contributed by atoms with Gasteiger partial charge in [-0.25, -0.2) is 0 Å². The maximum atomic E-state index is 12.8. The van der Waals surface area contributed by atoms with Gasteiger partial charge in [0.05, 0.1) is 10.5 Å². The molecule has 0 spiro atoms. The molecule has 0 fully saturated rings. The van der Waals surface area contributed by atoms with Crippen LogP contribution in [0.3, 0.4) is 0 Å². The number of non-ortho nitro benzene ring substituents is 1. The van der Waals surface area contributed by atoms with Gasteiger partial charge in [-0.1, -0.05) is 12.1 Å². The van der Waals surface area contributed by atoms with E-state index in [-0.39, 0.29) is 11.6 Å². The summed E-state index contributed by atoms with van der Waals surface area (Å²) in [6, 6.07) is 11.9. The molecule has 0 bridgehead atoms. The van der Waals surface area contributed by atoms with Gasteiger partial charge in [0, 0.05) is 44.7 Å². The van der Waals surface area contributed by atoms with Gasteiger partial charge in [-0.3, -0.25) is 14.9 Å². The fourth-order valence-corrected chi connectivity index (χ4v) is 2.33. The van der Waals surface area contributed by atoms with Gasteiger partial charge in [-0.2, -0.15) is 0 Å². The van der Waals surface area contributed by atoms with E-state index < -0.39 is 4.92 Å². The number of carbonyl (C=O) groups excluding carboxylic acids is 1.